The fraction of sp³-hybridized carbons (Fsp3) is 0.409. The predicted molar refractivity (Wildman–Crippen MR) is 107 cm³/mol. The molecule has 164 valence electrons. The van der Waals surface area contributed by atoms with Crippen LogP contribution in [0, 0.1) is 0 Å². The van der Waals surface area contributed by atoms with Gasteiger partial charge in [0.15, 0.2) is 11.5 Å². The van der Waals surface area contributed by atoms with Gasteiger partial charge in [-0.1, -0.05) is 38.1 Å². The highest BCUT2D eigenvalue weighted by atomic mass is 19.4. The van der Waals surface area contributed by atoms with Crippen molar-refractivity contribution in [2.45, 2.75) is 38.5 Å². The molecule has 1 N–H and O–H groups in total. The van der Waals surface area contributed by atoms with Gasteiger partial charge in [0.05, 0.1) is 14.2 Å². The van der Waals surface area contributed by atoms with Gasteiger partial charge in [0, 0.05) is 18.4 Å². The summed E-state index contributed by atoms with van der Waals surface area (Å²) in [6, 6.07) is 11.4. The van der Waals surface area contributed by atoms with E-state index in [2.05, 4.69) is 10.1 Å². The van der Waals surface area contributed by atoms with Crippen LogP contribution in [0.2, 0.25) is 0 Å². The molecule has 0 aliphatic heterocycles. The van der Waals surface area contributed by atoms with Crippen molar-refractivity contribution in [3.05, 3.63) is 53.6 Å². The molecule has 0 saturated heterocycles. The number of hydrogen-bond donors (Lipinski definition) is 1. The van der Waals surface area contributed by atoms with Crippen LogP contribution in [-0.4, -0.2) is 33.0 Å². The normalized spacial score (nSPS) is 11.7. The molecule has 0 atom stereocenters. The second-order valence-corrected chi connectivity index (χ2v) is 7.39. The highest BCUT2D eigenvalue weighted by molar-refractivity contribution is 5.76. The lowest BCUT2D eigenvalue weighted by molar-refractivity contribution is -0.274. The zero-order valence-corrected chi connectivity index (χ0v) is 17.4. The average Bonchev–Trinajstić information content (AvgIpc) is 2.70. The van der Waals surface area contributed by atoms with Crippen LogP contribution in [0.25, 0.3) is 0 Å². The number of rotatable bonds is 9. The van der Waals surface area contributed by atoms with Crippen molar-refractivity contribution in [2.24, 2.45) is 0 Å². The zero-order chi connectivity index (χ0) is 22.4. The number of benzene rings is 2. The first-order valence-electron chi connectivity index (χ1n) is 9.38. The largest absolute Gasteiger partial charge is 0.573 e. The van der Waals surface area contributed by atoms with Crippen LogP contribution < -0.4 is 19.5 Å². The molecular formula is C22H26F3NO4. The van der Waals surface area contributed by atoms with Crippen molar-refractivity contribution in [3.63, 3.8) is 0 Å². The summed E-state index contributed by atoms with van der Waals surface area (Å²) in [5, 5.41) is 2.85. The SMILES string of the molecule is COc1ccc(C(C)(C)CNC(=O)CCc2ccccc2OC(F)(F)F)cc1OC. The first-order chi connectivity index (χ1) is 14.1. The van der Waals surface area contributed by atoms with Crippen molar-refractivity contribution in [1.82, 2.24) is 5.32 Å². The highest BCUT2D eigenvalue weighted by Crippen LogP contribution is 2.33. The molecule has 2 aromatic rings. The first kappa shape index (κ1) is 23.4. The number of ether oxygens (including phenoxy) is 3. The number of carbonyl (C=O) groups excluding carboxylic acids is 1. The summed E-state index contributed by atoms with van der Waals surface area (Å²) in [5.41, 5.74) is 0.875. The third-order valence-electron chi connectivity index (χ3n) is 4.71. The molecule has 0 aliphatic rings. The second-order valence-electron chi connectivity index (χ2n) is 7.39. The van der Waals surface area contributed by atoms with E-state index in [0.29, 0.717) is 23.6 Å². The van der Waals surface area contributed by atoms with Gasteiger partial charge in [-0.3, -0.25) is 4.79 Å². The summed E-state index contributed by atoms with van der Waals surface area (Å²) in [6.07, 6.45) is -4.60. The molecule has 0 fully saturated rings. The van der Waals surface area contributed by atoms with Crippen LogP contribution in [0.3, 0.4) is 0 Å². The molecule has 5 nitrogen and oxygen atoms in total. The van der Waals surface area contributed by atoms with Crippen LogP contribution >= 0.6 is 0 Å². The van der Waals surface area contributed by atoms with Crippen LogP contribution in [0.5, 0.6) is 17.2 Å². The fourth-order valence-electron chi connectivity index (χ4n) is 2.95. The van der Waals surface area contributed by atoms with Crippen molar-refractivity contribution < 1.29 is 32.2 Å². The predicted octanol–water partition coefficient (Wildman–Crippen LogP) is 4.63. The third-order valence-corrected chi connectivity index (χ3v) is 4.71. The van der Waals surface area contributed by atoms with E-state index in [0.717, 1.165) is 5.56 Å². The number of methoxy groups -OCH3 is 2. The van der Waals surface area contributed by atoms with E-state index < -0.39 is 11.8 Å². The molecule has 0 aliphatic carbocycles. The lowest BCUT2D eigenvalue weighted by Gasteiger charge is -2.26. The van der Waals surface area contributed by atoms with E-state index >= 15 is 0 Å². The molecule has 0 spiro atoms. The standard InChI is InChI=1S/C22H26F3NO4/c1-21(2,16-10-11-18(28-3)19(13-16)29-4)14-26-20(27)12-9-15-7-5-6-8-17(15)30-22(23,24)25/h5-8,10-11,13H,9,12,14H2,1-4H3,(H,26,27). The molecular weight excluding hydrogens is 399 g/mol. The topological polar surface area (TPSA) is 56.8 Å². The monoisotopic (exact) mass is 425 g/mol. The van der Waals surface area contributed by atoms with Crippen molar-refractivity contribution in [2.75, 3.05) is 20.8 Å². The number of hydrogen-bond acceptors (Lipinski definition) is 4. The van der Waals surface area contributed by atoms with E-state index in [1.165, 1.54) is 18.2 Å². The molecule has 0 aromatic heterocycles. The minimum absolute atomic E-state index is 0.0419. The quantitative estimate of drug-likeness (QED) is 0.637. The Bertz CT molecular complexity index is 866. The summed E-state index contributed by atoms with van der Waals surface area (Å²) in [4.78, 5) is 12.3. The number of amides is 1. The molecule has 0 heterocycles. The van der Waals surface area contributed by atoms with Gasteiger partial charge in [0.25, 0.3) is 0 Å². The van der Waals surface area contributed by atoms with Gasteiger partial charge in [-0.2, -0.15) is 0 Å². The lowest BCUT2D eigenvalue weighted by atomic mass is 9.84. The number of nitrogens with one attached hydrogen (secondary N) is 1. The number of para-hydroxylation sites is 1. The number of alkyl halides is 3. The fourth-order valence-corrected chi connectivity index (χ4v) is 2.95. The average molecular weight is 425 g/mol. The van der Waals surface area contributed by atoms with Gasteiger partial charge in [-0.15, -0.1) is 13.2 Å². The smallest absolute Gasteiger partial charge is 0.493 e. The molecule has 8 heteroatoms. The number of halogens is 3. The lowest BCUT2D eigenvalue weighted by Crippen LogP contribution is -2.36. The molecule has 1 amide bonds. The molecule has 2 aromatic carbocycles. The Morgan fingerprint density at radius 3 is 2.27 bits per heavy atom. The van der Waals surface area contributed by atoms with Gasteiger partial charge in [0.1, 0.15) is 5.75 Å². The van der Waals surface area contributed by atoms with Crippen molar-refractivity contribution in [3.8, 4) is 17.2 Å². The summed E-state index contributed by atoms with van der Waals surface area (Å²) in [5.74, 6) is 0.658. The van der Waals surface area contributed by atoms with Gasteiger partial charge >= 0.3 is 6.36 Å². The van der Waals surface area contributed by atoms with E-state index in [1.54, 1.807) is 26.4 Å². The first-order valence-corrected chi connectivity index (χ1v) is 9.38. The Morgan fingerprint density at radius 1 is 0.967 bits per heavy atom. The molecule has 2 rings (SSSR count). The summed E-state index contributed by atoms with van der Waals surface area (Å²) < 4.78 is 52.1. The van der Waals surface area contributed by atoms with Gasteiger partial charge in [-0.25, -0.2) is 0 Å². The van der Waals surface area contributed by atoms with E-state index in [-0.39, 0.29) is 24.5 Å². The summed E-state index contributed by atoms with van der Waals surface area (Å²) >= 11 is 0. The maximum Gasteiger partial charge on any atom is 0.573 e. The maximum atomic E-state index is 12.5. The highest BCUT2D eigenvalue weighted by Gasteiger charge is 2.32. The summed E-state index contributed by atoms with van der Waals surface area (Å²) in [6.45, 7) is 4.30. The minimum Gasteiger partial charge on any atom is -0.493 e. The Labute approximate surface area is 174 Å². The molecule has 0 unspecified atom stereocenters. The Hall–Kier alpha value is -2.90. The maximum absolute atomic E-state index is 12.5. The van der Waals surface area contributed by atoms with E-state index in [1.807, 2.05) is 26.0 Å². The molecule has 30 heavy (non-hydrogen) atoms. The second kappa shape index (κ2) is 9.73. The van der Waals surface area contributed by atoms with E-state index in [4.69, 9.17) is 9.47 Å². The number of carbonyl (C=O) groups is 1. The van der Waals surface area contributed by atoms with Gasteiger partial charge in [0.2, 0.25) is 5.91 Å². The molecule has 0 radical (unpaired) electrons. The van der Waals surface area contributed by atoms with Crippen molar-refractivity contribution >= 4 is 5.91 Å². The molecule has 0 saturated carbocycles. The van der Waals surface area contributed by atoms with Crippen LogP contribution in [-0.2, 0) is 16.6 Å². The van der Waals surface area contributed by atoms with Crippen molar-refractivity contribution in [1.29, 1.82) is 0 Å². The third kappa shape index (κ3) is 6.57. The van der Waals surface area contributed by atoms with Gasteiger partial charge in [-0.05, 0) is 35.7 Å². The Balaban J connectivity index is 1.96. The Kier molecular flexibility index (Phi) is 7.59. The number of aryl methyl sites for hydroxylation is 1. The zero-order valence-electron chi connectivity index (χ0n) is 17.4. The van der Waals surface area contributed by atoms with Gasteiger partial charge < -0.3 is 19.5 Å². The van der Waals surface area contributed by atoms with Crippen LogP contribution in [0.15, 0.2) is 42.5 Å². The van der Waals surface area contributed by atoms with E-state index in [9.17, 15) is 18.0 Å². The molecule has 0 bridgehead atoms. The minimum atomic E-state index is -4.78. The van der Waals surface area contributed by atoms with Crippen LogP contribution in [0.4, 0.5) is 13.2 Å². The van der Waals surface area contributed by atoms with Crippen LogP contribution in [0.1, 0.15) is 31.4 Å². The Morgan fingerprint density at radius 2 is 1.63 bits per heavy atom. The summed E-state index contributed by atoms with van der Waals surface area (Å²) in [7, 11) is 3.11.